The summed E-state index contributed by atoms with van der Waals surface area (Å²) in [6, 6.07) is 6.91. The third kappa shape index (κ3) is 5.33. The first-order valence-corrected chi connectivity index (χ1v) is 8.37. The second kappa shape index (κ2) is 7.57. The number of hydrogen-bond donors (Lipinski definition) is 2. The summed E-state index contributed by atoms with van der Waals surface area (Å²) in [6.07, 6.45) is -0.591. The maximum Gasteiger partial charge on any atom is 0.251 e. The molecule has 23 heavy (non-hydrogen) atoms. The largest absolute Gasteiger partial charge is 0.487 e. The number of benzene rings is 1. The number of amides is 1. The van der Waals surface area contributed by atoms with Gasteiger partial charge in [0.1, 0.15) is 12.4 Å². The Kier molecular flexibility index (Phi) is 5.74. The standard InChI is InChI=1S/C17H22N2O3S/c1-17(2,3)15(20)8-18-16(21)12-4-6-14(7-5-12)22-9-13-10-23-11-19-13/h4-7,10-11,15,20H,8-9H2,1-3H3,(H,18,21). The van der Waals surface area contributed by atoms with Gasteiger partial charge in [-0.3, -0.25) is 4.79 Å². The van der Waals surface area contributed by atoms with Crippen LogP contribution in [0.15, 0.2) is 35.2 Å². The van der Waals surface area contributed by atoms with Crippen molar-refractivity contribution in [2.45, 2.75) is 33.5 Å². The van der Waals surface area contributed by atoms with Crippen molar-refractivity contribution in [3.63, 3.8) is 0 Å². The predicted molar refractivity (Wildman–Crippen MR) is 90.7 cm³/mol. The van der Waals surface area contributed by atoms with E-state index in [1.54, 1.807) is 29.8 Å². The molecule has 0 aliphatic heterocycles. The van der Waals surface area contributed by atoms with E-state index >= 15 is 0 Å². The average molecular weight is 334 g/mol. The maximum atomic E-state index is 12.1. The molecule has 0 spiro atoms. The van der Waals surface area contributed by atoms with Crippen LogP contribution in [0.3, 0.4) is 0 Å². The Morgan fingerprint density at radius 3 is 2.61 bits per heavy atom. The Balaban J connectivity index is 1.85. The van der Waals surface area contributed by atoms with Crippen molar-refractivity contribution in [1.82, 2.24) is 10.3 Å². The summed E-state index contributed by atoms with van der Waals surface area (Å²) >= 11 is 1.53. The number of aromatic nitrogens is 1. The van der Waals surface area contributed by atoms with Gasteiger partial charge in [-0.25, -0.2) is 4.98 Å². The normalized spacial score (nSPS) is 12.7. The van der Waals surface area contributed by atoms with Crippen molar-refractivity contribution < 1.29 is 14.6 Å². The maximum absolute atomic E-state index is 12.1. The van der Waals surface area contributed by atoms with E-state index in [2.05, 4.69) is 10.3 Å². The molecule has 124 valence electrons. The fourth-order valence-electron chi connectivity index (χ4n) is 1.77. The van der Waals surface area contributed by atoms with Crippen molar-refractivity contribution in [2.75, 3.05) is 6.54 Å². The summed E-state index contributed by atoms with van der Waals surface area (Å²) < 4.78 is 5.60. The lowest BCUT2D eigenvalue weighted by Gasteiger charge is -2.25. The lowest BCUT2D eigenvalue weighted by molar-refractivity contribution is 0.0587. The van der Waals surface area contributed by atoms with Gasteiger partial charge in [0, 0.05) is 17.5 Å². The van der Waals surface area contributed by atoms with E-state index in [4.69, 9.17) is 4.74 Å². The molecule has 0 fully saturated rings. The summed E-state index contributed by atoms with van der Waals surface area (Å²) in [5.74, 6) is 0.476. The summed E-state index contributed by atoms with van der Waals surface area (Å²) in [6.45, 7) is 6.42. The molecule has 1 amide bonds. The molecule has 0 aliphatic carbocycles. The zero-order valence-corrected chi connectivity index (χ0v) is 14.4. The second-order valence-electron chi connectivity index (χ2n) is 6.38. The number of carbonyl (C=O) groups excluding carboxylic acids is 1. The summed E-state index contributed by atoms with van der Waals surface area (Å²) in [5, 5.41) is 14.6. The Morgan fingerprint density at radius 2 is 2.04 bits per heavy atom. The number of aliphatic hydroxyl groups is 1. The number of carbonyl (C=O) groups is 1. The highest BCUT2D eigenvalue weighted by atomic mass is 32.1. The second-order valence-corrected chi connectivity index (χ2v) is 7.10. The summed E-state index contributed by atoms with van der Waals surface area (Å²) in [7, 11) is 0. The van der Waals surface area contributed by atoms with Gasteiger partial charge in [-0.15, -0.1) is 11.3 Å². The van der Waals surface area contributed by atoms with Crippen LogP contribution in [0.25, 0.3) is 0 Å². The SMILES string of the molecule is CC(C)(C)C(O)CNC(=O)c1ccc(OCc2cscn2)cc1. The molecule has 1 unspecified atom stereocenters. The minimum atomic E-state index is -0.591. The van der Waals surface area contributed by atoms with Crippen LogP contribution in [0.1, 0.15) is 36.8 Å². The molecule has 1 heterocycles. The first kappa shape index (κ1) is 17.4. The van der Waals surface area contributed by atoms with Gasteiger partial charge in [0.05, 0.1) is 17.3 Å². The monoisotopic (exact) mass is 334 g/mol. The van der Waals surface area contributed by atoms with E-state index in [0.717, 1.165) is 5.69 Å². The molecule has 6 heteroatoms. The molecule has 0 aliphatic rings. The highest BCUT2D eigenvalue weighted by molar-refractivity contribution is 7.07. The van der Waals surface area contributed by atoms with Gasteiger partial charge in [-0.2, -0.15) is 0 Å². The quantitative estimate of drug-likeness (QED) is 0.852. The lowest BCUT2D eigenvalue weighted by Crippen LogP contribution is -2.39. The van der Waals surface area contributed by atoms with E-state index in [1.165, 1.54) is 11.3 Å². The van der Waals surface area contributed by atoms with Crippen LogP contribution in [0.4, 0.5) is 0 Å². The van der Waals surface area contributed by atoms with Gasteiger partial charge >= 0.3 is 0 Å². The number of nitrogens with one attached hydrogen (secondary N) is 1. The van der Waals surface area contributed by atoms with Crippen LogP contribution in [-0.2, 0) is 6.61 Å². The zero-order valence-electron chi connectivity index (χ0n) is 13.6. The zero-order chi connectivity index (χ0) is 16.9. The molecule has 0 saturated heterocycles. The third-order valence-corrected chi connectivity index (χ3v) is 4.08. The highest BCUT2D eigenvalue weighted by Crippen LogP contribution is 2.18. The van der Waals surface area contributed by atoms with Crippen molar-refractivity contribution >= 4 is 17.2 Å². The summed E-state index contributed by atoms with van der Waals surface area (Å²) in [5.41, 5.74) is 2.92. The smallest absolute Gasteiger partial charge is 0.251 e. The number of rotatable bonds is 6. The van der Waals surface area contributed by atoms with Gasteiger partial charge in [-0.05, 0) is 29.7 Å². The number of aliphatic hydroxyl groups excluding tert-OH is 1. The Hall–Kier alpha value is -1.92. The van der Waals surface area contributed by atoms with E-state index in [-0.39, 0.29) is 17.9 Å². The fraction of sp³-hybridized carbons (Fsp3) is 0.412. The van der Waals surface area contributed by atoms with Crippen LogP contribution in [0.2, 0.25) is 0 Å². The van der Waals surface area contributed by atoms with Gasteiger partial charge in [0.2, 0.25) is 0 Å². The number of thiazole rings is 1. The lowest BCUT2D eigenvalue weighted by atomic mass is 9.89. The molecular formula is C17H22N2O3S. The molecule has 2 aromatic rings. The first-order valence-electron chi connectivity index (χ1n) is 7.42. The number of hydrogen-bond acceptors (Lipinski definition) is 5. The van der Waals surface area contributed by atoms with E-state index in [1.807, 2.05) is 26.2 Å². The molecule has 2 rings (SSSR count). The molecule has 2 N–H and O–H groups in total. The Labute approximate surface area is 140 Å². The Morgan fingerprint density at radius 1 is 1.35 bits per heavy atom. The molecule has 0 saturated carbocycles. The highest BCUT2D eigenvalue weighted by Gasteiger charge is 2.22. The first-order chi connectivity index (χ1) is 10.9. The number of nitrogens with zero attached hydrogens (tertiary/aromatic N) is 1. The third-order valence-electron chi connectivity index (χ3n) is 3.44. The fourth-order valence-corrected chi connectivity index (χ4v) is 2.31. The van der Waals surface area contributed by atoms with Gasteiger partial charge in [0.25, 0.3) is 5.91 Å². The molecular weight excluding hydrogens is 312 g/mol. The minimum Gasteiger partial charge on any atom is -0.487 e. The molecule has 0 bridgehead atoms. The van der Waals surface area contributed by atoms with Gasteiger partial charge in [-0.1, -0.05) is 20.8 Å². The van der Waals surface area contributed by atoms with Crippen LogP contribution in [-0.4, -0.2) is 28.6 Å². The Bertz CT molecular complexity index is 618. The van der Waals surface area contributed by atoms with Crippen molar-refractivity contribution in [3.8, 4) is 5.75 Å². The van der Waals surface area contributed by atoms with E-state index in [0.29, 0.717) is 17.9 Å². The summed E-state index contributed by atoms with van der Waals surface area (Å²) in [4.78, 5) is 16.2. The van der Waals surface area contributed by atoms with Crippen LogP contribution >= 0.6 is 11.3 Å². The van der Waals surface area contributed by atoms with E-state index < -0.39 is 6.10 Å². The van der Waals surface area contributed by atoms with Gasteiger partial charge in [0.15, 0.2) is 0 Å². The van der Waals surface area contributed by atoms with Crippen molar-refractivity contribution in [2.24, 2.45) is 5.41 Å². The van der Waals surface area contributed by atoms with Crippen LogP contribution < -0.4 is 10.1 Å². The average Bonchev–Trinajstić information content (AvgIpc) is 3.03. The molecule has 1 aromatic heterocycles. The minimum absolute atomic E-state index is 0.209. The van der Waals surface area contributed by atoms with Gasteiger partial charge < -0.3 is 15.2 Å². The van der Waals surface area contributed by atoms with Crippen molar-refractivity contribution in [1.29, 1.82) is 0 Å². The van der Waals surface area contributed by atoms with Crippen LogP contribution in [0, 0.1) is 5.41 Å². The molecule has 1 aromatic carbocycles. The van der Waals surface area contributed by atoms with Crippen LogP contribution in [0.5, 0.6) is 5.75 Å². The molecule has 5 nitrogen and oxygen atoms in total. The predicted octanol–water partition coefficient (Wildman–Crippen LogP) is 2.86. The van der Waals surface area contributed by atoms with Crippen molar-refractivity contribution in [3.05, 3.63) is 46.4 Å². The number of ether oxygens (including phenoxy) is 1. The molecule has 1 atom stereocenters. The van der Waals surface area contributed by atoms with E-state index in [9.17, 15) is 9.90 Å². The molecule has 0 radical (unpaired) electrons. The topological polar surface area (TPSA) is 71.5 Å².